The maximum absolute atomic E-state index is 13.3. The molecule has 3 aliphatic rings. The summed E-state index contributed by atoms with van der Waals surface area (Å²) in [6, 6.07) is 11.6. The van der Waals surface area contributed by atoms with Crippen LogP contribution in [-0.4, -0.2) is 55.5 Å². The summed E-state index contributed by atoms with van der Waals surface area (Å²) in [5.41, 5.74) is 7.37. The Labute approximate surface area is 189 Å². The molecule has 1 aliphatic heterocycles. The van der Waals surface area contributed by atoms with E-state index in [9.17, 15) is 14.4 Å². The van der Waals surface area contributed by atoms with Crippen LogP contribution >= 0.6 is 0 Å². The maximum atomic E-state index is 13.3. The lowest BCUT2D eigenvalue weighted by Gasteiger charge is -2.27. The van der Waals surface area contributed by atoms with Crippen LogP contribution in [0.25, 0.3) is 10.9 Å². The first-order valence-corrected chi connectivity index (χ1v) is 11.3. The number of aromatic nitrogens is 3. The molecule has 3 N–H and O–H groups in total. The molecule has 5 atom stereocenters. The van der Waals surface area contributed by atoms with Crippen LogP contribution in [0.2, 0.25) is 0 Å². The Morgan fingerprint density at radius 2 is 1.91 bits per heavy atom. The van der Waals surface area contributed by atoms with Crippen molar-refractivity contribution < 1.29 is 14.4 Å². The Hall–Kier alpha value is -3.75. The molecule has 3 amide bonds. The molecule has 9 heteroatoms. The molecule has 9 nitrogen and oxygen atoms in total. The van der Waals surface area contributed by atoms with E-state index in [1.165, 1.54) is 10.2 Å². The van der Waals surface area contributed by atoms with Gasteiger partial charge in [0, 0.05) is 29.6 Å². The highest BCUT2D eigenvalue weighted by atomic mass is 16.2. The second kappa shape index (κ2) is 7.40. The Morgan fingerprint density at radius 1 is 1.09 bits per heavy atom. The number of nitrogens with zero attached hydrogens (tertiary/aromatic N) is 4. The number of likely N-dealkylation sites (tertiary alicyclic amines) is 1. The van der Waals surface area contributed by atoms with Gasteiger partial charge in [0.2, 0.25) is 11.8 Å². The first-order valence-electron chi connectivity index (χ1n) is 11.3. The molecule has 3 aromatic rings. The van der Waals surface area contributed by atoms with Gasteiger partial charge in [0.15, 0.2) is 5.69 Å². The van der Waals surface area contributed by atoms with Gasteiger partial charge in [-0.2, -0.15) is 5.10 Å². The van der Waals surface area contributed by atoms with Crippen LogP contribution in [0.4, 0.5) is 0 Å². The van der Waals surface area contributed by atoms with Crippen LogP contribution in [0.1, 0.15) is 41.2 Å². The number of rotatable bonds is 6. The van der Waals surface area contributed by atoms with Crippen molar-refractivity contribution in [3.05, 3.63) is 60.0 Å². The molecule has 0 radical (unpaired) electrons. The van der Waals surface area contributed by atoms with Crippen molar-refractivity contribution in [3.63, 3.8) is 0 Å². The number of nitrogens with two attached hydrogens (primary N) is 1. The highest BCUT2D eigenvalue weighted by molar-refractivity contribution is 6.04. The number of primary amides is 1. The van der Waals surface area contributed by atoms with Crippen LogP contribution < -0.4 is 11.1 Å². The van der Waals surface area contributed by atoms with Crippen molar-refractivity contribution in [1.29, 1.82) is 0 Å². The van der Waals surface area contributed by atoms with E-state index in [0.717, 1.165) is 12.8 Å². The molecule has 1 aromatic carbocycles. The molecular formula is C24H24N6O3. The third-order valence-electron chi connectivity index (χ3n) is 7.11. The fourth-order valence-electron chi connectivity index (χ4n) is 5.28. The topological polar surface area (TPSA) is 123 Å². The zero-order valence-electron chi connectivity index (χ0n) is 17.9. The predicted octanol–water partition coefficient (Wildman–Crippen LogP) is 1.19. The molecule has 6 rings (SSSR count). The molecule has 2 saturated carbocycles. The summed E-state index contributed by atoms with van der Waals surface area (Å²) < 4.78 is 1.46. The van der Waals surface area contributed by atoms with Crippen LogP contribution in [0.3, 0.4) is 0 Å². The fraction of sp³-hybridized carbons (Fsp3) is 0.375. The van der Waals surface area contributed by atoms with E-state index in [1.807, 2.05) is 18.2 Å². The third kappa shape index (κ3) is 3.44. The number of fused-ring (bicyclic) bond motifs is 2. The lowest BCUT2D eigenvalue weighted by atomic mass is 10.1. The number of carbonyl (C=O) groups excluding carboxylic acids is 3. The Bertz CT molecular complexity index is 1270. The van der Waals surface area contributed by atoms with Gasteiger partial charge in [-0.1, -0.05) is 30.3 Å². The number of carbonyl (C=O) groups is 3. The van der Waals surface area contributed by atoms with E-state index in [2.05, 4.69) is 27.5 Å². The molecule has 1 saturated heterocycles. The summed E-state index contributed by atoms with van der Waals surface area (Å²) in [7, 11) is 0. The molecule has 168 valence electrons. The van der Waals surface area contributed by atoms with Crippen LogP contribution in [-0.2, 0) is 16.1 Å². The quantitative estimate of drug-likeness (QED) is 0.591. The van der Waals surface area contributed by atoms with Crippen molar-refractivity contribution in [2.75, 3.05) is 0 Å². The zero-order chi connectivity index (χ0) is 22.7. The molecular weight excluding hydrogens is 420 g/mol. The monoisotopic (exact) mass is 444 g/mol. The van der Waals surface area contributed by atoms with Gasteiger partial charge < -0.3 is 16.0 Å². The number of benzene rings is 1. The minimum Gasteiger partial charge on any atom is -0.364 e. The van der Waals surface area contributed by atoms with E-state index in [0.29, 0.717) is 29.2 Å². The molecule has 3 heterocycles. The van der Waals surface area contributed by atoms with Gasteiger partial charge in [-0.25, -0.2) is 0 Å². The summed E-state index contributed by atoms with van der Waals surface area (Å²) in [6.45, 7) is -0.0709. The number of pyridine rings is 1. The Balaban J connectivity index is 1.18. The number of nitrogens with one attached hydrogen (secondary N) is 1. The van der Waals surface area contributed by atoms with Crippen molar-refractivity contribution in [1.82, 2.24) is 25.0 Å². The van der Waals surface area contributed by atoms with Gasteiger partial charge in [0.25, 0.3) is 5.91 Å². The first kappa shape index (κ1) is 19.9. The van der Waals surface area contributed by atoms with Gasteiger partial charge in [0.1, 0.15) is 12.6 Å². The lowest BCUT2D eigenvalue weighted by Crippen LogP contribution is -2.49. The Morgan fingerprint density at radius 3 is 2.70 bits per heavy atom. The number of amides is 3. The molecule has 2 aromatic heterocycles. The standard InChI is InChI=1S/C24H24N6O3/c25-23(32)22-15-6-7-26-11-20(15)29(28-22)12-21(31)30-18-8-14(18)9-19(30)24(33)27-17-10-16(17)13-4-2-1-3-5-13/h1-7,11,14,16-19H,8-10,12H2,(H2,25,32)(H,27,33)/t14-,16+,17-,18-,19+/m1/s1. The third-order valence-corrected chi connectivity index (χ3v) is 7.11. The smallest absolute Gasteiger partial charge is 0.269 e. The second-order valence-electron chi connectivity index (χ2n) is 9.25. The van der Waals surface area contributed by atoms with Crippen LogP contribution in [0.5, 0.6) is 0 Å². The van der Waals surface area contributed by atoms with Gasteiger partial charge in [-0.05, 0) is 36.8 Å². The minimum atomic E-state index is -0.657. The zero-order valence-corrected chi connectivity index (χ0v) is 17.9. The van der Waals surface area contributed by atoms with E-state index in [1.54, 1.807) is 23.4 Å². The molecule has 0 spiro atoms. The number of piperidine rings is 1. The average molecular weight is 444 g/mol. The summed E-state index contributed by atoms with van der Waals surface area (Å²) in [5.74, 6) is -0.199. The van der Waals surface area contributed by atoms with E-state index >= 15 is 0 Å². The minimum absolute atomic E-state index is 0.0709. The largest absolute Gasteiger partial charge is 0.364 e. The lowest BCUT2D eigenvalue weighted by molar-refractivity contribution is -0.140. The van der Waals surface area contributed by atoms with E-state index in [4.69, 9.17) is 5.73 Å². The molecule has 2 aliphatic carbocycles. The summed E-state index contributed by atoms with van der Waals surface area (Å²) in [5, 5.41) is 7.98. The highest BCUT2D eigenvalue weighted by Crippen LogP contribution is 2.48. The van der Waals surface area contributed by atoms with Crippen LogP contribution in [0, 0.1) is 5.92 Å². The second-order valence-corrected chi connectivity index (χ2v) is 9.25. The summed E-state index contributed by atoms with van der Waals surface area (Å²) in [6.07, 6.45) is 5.66. The molecule has 33 heavy (non-hydrogen) atoms. The van der Waals surface area contributed by atoms with Gasteiger partial charge in [-0.3, -0.25) is 24.0 Å². The van der Waals surface area contributed by atoms with Crippen molar-refractivity contribution >= 4 is 28.6 Å². The van der Waals surface area contributed by atoms with E-state index in [-0.39, 0.29) is 36.1 Å². The molecule has 3 fully saturated rings. The van der Waals surface area contributed by atoms with Gasteiger partial charge in [-0.15, -0.1) is 0 Å². The average Bonchev–Trinajstić information content (AvgIpc) is 3.70. The SMILES string of the molecule is NC(=O)c1nn(CC(=O)N2[C@@H]3C[C@@H]3C[C@H]2C(=O)N[C@@H]2C[C@H]2c2ccccc2)c2cnccc12. The van der Waals surface area contributed by atoms with Gasteiger partial charge >= 0.3 is 0 Å². The fourth-order valence-corrected chi connectivity index (χ4v) is 5.28. The van der Waals surface area contributed by atoms with E-state index < -0.39 is 11.9 Å². The Kier molecular flexibility index (Phi) is 4.46. The van der Waals surface area contributed by atoms with Crippen LogP contribution in [0.15, 0.2) is 48.8 Å². The molecule has 0 bridgehead atoms. The highest BCUT2D eigenvalue weighted by Gasteiger charge is 2.56. The first-order chi connectivity index (χ1) is 16.0. The normalized spacial score (nSPS) is 27.3. The number of hydrogen-bond acceptors (Lipinski definition) is 5. The van der Waals surface area contributed by atoms with Crippen molar-refractivity contribution in [2.24, 2.45) is 11.7 Å². The van der Waals surface area contributed by atoms with Crippen molar-refractivity contribution in [3.8, 4) is 0 Å². The molecule has 0 unspecified atom stereocenters. The maximum Gasteiger partial charge on any atom is 0.269 e. The van der Waals surface area contributed by atoms with Gasteiger partial charge in [0.05, 0.1) is 11.7 Å². The summed E-state index contributed by atoms with van der Waals surface area (Å²) in [4.78, 5) is 44.0. The number of hydrogen-bond donors (Lipinski definition) is 2. The van der Waals surface area contributed by atoms with Crippen molar-refractivity contribution in [2.45, 2.75) is 49.9 Å². The predicted molar refractivity (Wildman–Crippen MR) is 119 cm³/mol. The summed E-state index contributed by atoms with van der Waals surface area (Å²) >= 11 is 0.